The predicted octanol–water partition coefficient (Wildman–Crippen LogP) is 2.64. The summed E-state index contributed by atoms with van der Waals surface area (Å²) in [6, 6.07) is 9.95. The minimum absolute atomic E-state index is 0.000881. The quantitative estimate of drug-likeness (QED) is 0.580. The molecule has 9 heteroatoms. The lowest BCUT2D eigenvalue weighted by atomic mass is 10.1. The number of thioether (sulfide) groups is 1. The molecule has 0 radical (unpaired) electrons. The number of rotatable bonds is 3. The third-order valence-electron chi connectivity index (χ3n) is 3.78. The molecule has 3 heterocycles. The molecule has 8 nitrogen and oxygen atoms in total. The van der Waals surface area contributed by atoms with Crippen molar-refractivity contribution in [2.24, 2.45) is 0 Å². The lowest BCUT2D eigenvalue weighted by Gasteiger charge is -2.22. The Balaban J connectivity index is 1.80. The largest absolute Gasteiger partial charge is 0.277 e. The van der Waals surface area contributed by atoms with Crippen molar-refractivity contribution in [2.75, 3.05) is 10.7 Å². The van der Waals surface area contributed by atoms with Gasteiger partial charge in [-0.3, -0.25) is 24.9 Å². The number of benzene rings is 1. The molecule has 1 atom stereocenters. The number of nitro groups is 1. The molecule has 120 valence electrons. The molecule has 3 aromatic rings. The smallest absolute Gasteiger partial charge is 0.269 e. The van der Waals surface area contributed by atoms with Crippen LogP contribution >= 0.6 is 11.8 Å². The number of non-ortho nitro benzene ring substituents is 1. The van der Waals surface area contributed by atoms with E-state index in [1.807, 2.05) is 6.07 Å². The lowest BCUT2D eigenvalue weighted by Crippen LogP contribution is -2.28. The van der Waals surface area contributed by atoms with E-state index in [0.717, 1.165) is 5.39 Å². The Kier molecular flexibility index (Phi) is 3.42. The Labute approximate surface area is 140 Å². The Hall–Kier alpha value is -2.94. The standard InChI is InChI=1S/C15H11N5O3S/c21-12-8-24-15(9-3-1-4-10(7-9)20(22)23)19(12)14-11-5-2-6-16-13(11)17-18-14/h1-7,15H,8H2,(H,16,17,18)/t15-/m0/s1. The Morgan fingerprint density at radius 3 is 3.04 bits per heavy atom. The molecule has 0 bridgehead atoms. The topological polar surface area (TPSA) is 105 Å². The predicted molar refractivity (Wildman–Crippen MR) is 89.7 cm³/mol. The number of pyridine rings is 1. The Morgan fingerprint density at radius 2 is 2.21 bits per heavy atom. The van der Waals surface area contributed by atoms with Gasteiger partial charge in [-0.25, -0.2) is 4.98 Å². The third kappa shape index (κ3) is 2.29. The van der Waals surface area contributed by atoms with Crippen LogP contribution < -0.4 is 4.90 Å². The monoisotopic (exact) mass is 341 g/mol. The summed E-state index contributed by atoms with van der Waals surface area (Å²) in [5.74, 6) is 0.695. The average molecular weight is 341 g/mol. The number of nitrogens with zero attached hydrogens (tertiary/aromatic N) is 4. The summed E-state index contributed by atoms with van der Waals surface area (Å²) < 4.78 is 0. The van der Waals surface area contributed by atoms with Crippen LogP contribution in [0.1, 0.15) is 10.9 Å². The van der Waals surface area contributed by atoms with E-state index in [0.29, 0.717) is 22.8 Å². The fourth-order valence-electron chi connectivity index (χ4n) is 2.72. The van der Waals surface area contributed by atoms with Gasteiger partial charge in [-0.15, -0.1) is 11.8 Å². The van der Waals surface area contributed by atoms with Crippen LogP contribution in [0.25, 0.3) is 11.0 Å². The van der Waals surface area contributed by atoms with Gasteiger partial charge < -0.3 is 0 Å². The average Bonchev–Trinajstić information content (AvgIpc) is 3.18. The maximum Gasteiger partial charge on any atom is 0.269 e. The molecule has 1 amide bonds. The maximum atomic E-state index is 12.4. The zero-order chi connectivity index (χ0) is 16.7. The first kappa shape index (κ1) is 14.6. The highest BCUT2D eigenvalue weighted by atomic mass is 32.2. The third-order valence-corrected chi connectivity index (χ3v) is 4.99. The molecule has 1 aromatic carbocycles. The number of aromatic amines is 1. The highest BCUT2D eigenvalue weighted by Gasteiger charge is 2.37. The number of fused-ring (bicyclic) bond motifs is 1. The van der Waals surface area contributed by atoms with Gasteiger partial charge in [0.25, 0.3) is 5.69 Å². The maximum absolute atomic E-state index is 12.4. The summed E-state index contributed by atoms with van der Waals surface area (Å²) in [5.41, 5.74) is 1.29. The first-order chi connectivity index (χ1) is 11.6. The molecular weight excluding hydrogens is 330 g/mol. The van der Waals surface area contributed by atoms with E-state index >= 15 is 0 Å². The van der Waals surface area contributed by atoms with Gasteiger partial charge in [0.15, 0.2) is 11.5 Å². The number of nitrogens with one attached hydrogen (secondary N) is 1. The number of anilines is 1. The van der Waals surface area contributed by atoms with E-state index in [1.165, 1.54) is 23.9 Å². The number of aromatic nitrogens is 3. The molecule has 1 aliphatic heterocycles. The number of carbonyl (C=O) groups excluding carboxylic acids is 1. The van der Waals surface area contributed by atoms with Crippen LogP contribution in [-0.2, 0) is 4.79 Å². The van der Waals surface area contributed by atoms with E-state index in [2.05, 4.69) is 15.2 Å². The number of amides is 1. The van der Waals surface area contributed by atoms with Crippen molar-refractivity contribution in [3.63, 3.8) is 0 Å². The fourth-order valence-corrected chi connectivity index (χ4v) is 3.86. The number of nitro benzene ring substituents is 1. The first-order valence-electron chi connectivity index (χ1n) is 7.12. The summed E-state index contributed by atoms with van der Waals surface area (Å²) in [6.07, 6.45) is 1.64. The van der Waals surface area contributed by atoms with Crippen molar-refractivity contribution in [3.05, 3.63) is 58.3 Å². The summed E-state index contributed by atoms with van der Waals surface area (Å²) >= 11 is 1.42. The molecule has 24 heavy (non-hydrogen) atoms. The van der Waals surface area contributed by atoms with E-state index in [1.54, 1.807) is 29.3 Å². The zero-order valence-corrected chi connectivity index (χ0v) is 13.1. The van der Waals surface area contributed by atoms with Gasteiger partial charge >= 0.3 is 0 Å². The van der Waals surface area contributed by atoms with E-state index in [-0.39, 0.29) is 17.0 Å². The molecule has 1 N–H and O–H groups in total. The van der Waals surface area contributed by atoms with E-state index < -0.39 is 4.92 Å². The highest BCUT2D eigenvalue weighted by Crippen LogP contribution is 2.43. The van der Waals surface area contributed by atoms with Crippen LogP contribution in [0.5, 0.6) is 0 Å². The van der Waals surface area contributed by atoms with E-state index in [4.69, 9.17) is 0 Å². The highest BCUT2D eigenvalue weighted by molar-refractivity contribution is 8.00. The summed E-state index contributed by atoms with van der Waals surface area (Å²) in [4.78, 5) is 28.7. The SMILES string of the molecule is O=C1CS[C@@H](c2cccc([N+](=O)[O-])c2)N1c1n[nH]c2ncccc12. The van der Waals surface area contributed by atoms with Crippen molar-refractivity contribution in [1.29, 1.82) is 0 Å². The van der Waals surface area contributed by atoms with Crippen molar-refractivity contribution in [1.82, 2.24) is 15.2 Å². The zero-order valence-electron chi connectivity index (χ0n) is 12.2. The van der Waals surface area contributed by atoms with Crippen LogP contribution in [0.2, 0.25) is 0 Å². The molecule has 1 saturated heterocycles. The summed E-state index contributed by atoms with van der Waals surface area (Å²) in [6.45, 7) is 0. The van der Waals surface area contributed by atoms with Crippen molar-refractivity contribution in [3.8, 4) is 0 Å². The number of hydrogen-bond acceptors (Lipinski definition) is 6. The van der Waals surface area contributed by atoms with Crippen LogP contribution in [0.15, 0.2) is 42.6 Å². The minimum atomic E-state index is -0.441. The molecule has 2 aromatic heterocycles. The number of carbonyl (C=O) groups is 1. The second kappa shape index (κ2) is 5.60. The molecule has 0 saturated carbocycles. The van der Waals surface area contributed by atoms with Gasteiger partial charge in [0, 0.05) is 18.3 Å². The van der Waals surface area contributed by atoms with Crippen molar-refractivity contribution >= 4 is 40.2 Å². The molecular formula is C15H11N5O3S. The van der Waals surface area contributed by atoms with Crippen LogP contribution in [0.4, 0.5) is 11.5 Å². The van der Waals surface area contributed by atoms with Gasteiger partial charge in [0.05, 0.1) is 16.1 Å². The number of H-pyrrole nitrogens is 1. The van der Waals surface area contributed by atoms with Crippen LogP contribution in [0, 0.1) is 10.1 Å². The molecule has 0 spiro atoms. The van der Waals surface area contributed by atoms with Gasteiger partial charge in [-0.1, -0.05) is 12.1 Å². The second-order valence-electron chi connectivity index (χ2n) is 5.23. The lowest BCUT2D eigenvalue weighted by molar-refractivity contribution is -0.384. The molecule has 1 aliphatic rings. The van der Waals surface area contributed by atoms with Crippen molar-refractivity contribution in [2.45, 2.75) is 5.37 Å². The molecule has 4 rings (SSSR count). The summed E-state index contributed by atoms with van der Waals surface area (Å²) in [7, 11) is 0. The van der Waals surface area contributed by atoms with Crippen LogP contribution in [-0.4, -0.2) is 31.8 Å². The Morgan fingerprint density at radius 1 is 1.33 bits per heavy atom. The molecule has 0 unspecified atom stereocenters. The molecule has 1 fully saturated rings. The minimum Gasteiger partial charge on any atom is -0.277 e. The number of hydrogen-bond donors (Lipinski definition) is 1. The fraction of sp³-hybridized carbons (Fsp3) is 0.133. The first-order valence-corrected chi connectivity index (χ1v) is 8.17. The Bertz CT molecular complexity index is 957. The summed E-state index contributed by atoms with van der Waals surface area (Å²) in [5, 5.41) is 18.4. The van der Waals surface area contributed by atoms with Gasteiger partial charge in [-0.2, -0.15) is 5.10 Å². The van der Waals surface area contributed by atoms with Crippen LogP contribution in [0.3, 0.4) is 0 Å². The van der Waals surface area contributed by atoms with Gasteiger partial charge in [-0.05, 0) is 17.7 Å². The van der Waals surface area contributed by atoms with Gasteiger partial charge in [0.2, 0.25) is 5.91 Å². The van der Waals surface area contributed by atoms with E-state index in [9.17, 15) is 14.9 Å². The normalized spacial score (nSPS) is 17.6. The molecule has 0 aliphatic carbocycles. The van der Waals surface area contributed by atoms with Crippen molar-refractivity contribution < 1.29 is 9.72 Å². The second-order valence-corrected chi connectivity index (χ2v) is 6.29. The van der Waals surface area contributed by atoms with Gasteiger partial charge in [0.1, 0.15) is 5.37 Å².